The minimum absolute atomic E-state index is 0.0733. The van der Waals surface area contributed by atoms with E-state index in [1.807, 2.05) is 0 Å². The number of rotatable bonds is 52. The van der Waals surface area contributed by atoms with E-state index >= 15 is 0 Å². The molecular weight excluding hydrogens is 805 g/mol. The standard InChI is InChI=1S/C59H108O6/c1-4-7-10-13-16-19-22-24-26-28-29-31-33-35-38-40-43-46-49-52-58(61)64-55-56(65-59(62)53-50-47-44-41-36-21-18-15-12-9-6-3)54-63-57(60)51-48-45-42-39-37-34-32-30-27-25-23-20-17-14-11-8-5-2/h15-16,18-19,24,26,56H,4-14,17,20-23,25,27-55H2,1-3H3/b18-15-,19-16-,26-24-/t56-/m0/s1. The molecule has 1 atom stereocenters. The highest BCUT2D eigenvalue weighted by Crippen LogP contribution is 2.16. The molecule has 0 rings (SSSR count). The van der Waals surface area contributed by atoms with E-state index in [9.17, 15) is 14.4 Å². The number of carbonyl (C=O) groups excluding carboxylic acids is 3. The van der Waals surface area contributed by atoms with Crippen molar-refractivity contribution in [3.63, 3.8) is 0 Å². The lowest BCUT2D eigenvalue weighted by Gasteiger charge is -2.18. The van der Waals surface area contributed by atoms with Gasteiger partial charge < -0.3 is 14.2 Å². The van der Waals surface area contributed by atoms with Gasteiger partial charge in [-0.25, -0.2) is 0 Å². The van der Waals surface area contributed by atoms with Crippen molar-refractivity contribution in [2.45, 2.75) is 309 Å². The van der Waals surface area contributed by atoms with E-state index in [-0.39, 0.29) is 31.1 Å². The molecule has 0 aromatic carbocycles. The van der Waals surface area contributed by atoms with E-state index in [0.717, 1.165) is 77.0 Å². The predicted molar refractivity (Wildman–Crippen MR) is 279 cm³/mol. The molecule has 0 aromatic heterocycles. The SMILES string of the molecule is CCCC/C=C\CCCCCCCC(=O)O[C@H](COC(=O)CCCCCCCCCCC/C=C\C/C=C\CCCCC)COC(=O)CCCCCCCCCCCCCCCCCCC. The third-order valence-corrected chi connectivity index (χ3v) is 12.6. The van der Waals surface area contributed by atoms with E-state index in [0.29, 0.717) is 19.3 Å². The highest BCUT2D eigenvalue weighted by atomic mass is 16.6. The van der Waals surface area contributed by atoms with Gasteiger partial charge in [0.1, 0.15) is 13.2 Å². The van der Waals surface area contributed by atoms with Crippen molar-refractivity contribution in [2.75, 3.05) is 13.2 Å². The van der Waals surface area contributed by atoms with Crippen molar-refractivity contribution in [2.24, 2.45) is 0 Å². The summed E-state index contributed by atoms with van der Waals surface area (Å²) in [5, 5.41) is 0. The maximum absolute atomic E-state index is 12.8. The van der Waals surface area contributed by atoms with Gasteiger partial charge >= 0.3 is 17.9 Å². The van der Waals surface area contributed by atoms with Gasteiger partial charge in [0.15, 0.2) is 6.10 Å². The summed E-state index contributed by atoms with van der Waals surface area (Å²) in [6.07, 6.45) is 64.2. The van der Waals surface area contributed by atoms with Crippen molar-refractivity contribution in [3.8, 4) is 0 Å². The zero-order chi connectivity index (χ0) is 47.2. The first-order valence-electron chi connectivity index (χ1n) is 28.5. The summed E-state index contributed by atoms with van der Waals surface area (Å²) in [4.78, 5) is 38.1. The third kappa shape index (κ3) is 52.5. The van der Waals surface area contributed by atoms with E-state index in [1.54, 1.807) is 0 Å². The van der Waals surface area contributed by atoms with E-state index in [1.165, 1.54) is 186 Å². The summed E-state index contributed by atoms with van der Waals surface area (Å²) < 4.78 is 16.8. The van der Waals surface area contributed by atoms with Gasteiger partial charge in [-0.1, -0.05) is 250 Å². The lowest BCUT2D eigenvalue weighted by atomic mass is 10.0. The Morgan fingerprint density at radius 3 is 0.938 bits per heavy atom. The lowest BCUT2D eigenvalue weighted by Crippen LogP contribution is -2.30. The first kappa shape index (κ1) is 62.6. The van der Waals surface area contributed by atoms with Gasteiger partial charge in [0.2, 0.25) is 0 Å². The van der Waals surface area contributed by atoms with Crippen LogP contribution in [0.2, 0.25) is 0 Å². The first-order chi connectivity index (χ1) is 32.0. The lowest BCUT2D eigenvalue weighted by molar-refractivity contribution is -0.167. The Labute approximate surface area is 404 Å². The van der Waals surface area contributed by atoms with Crippen LogP contribution in [0.25, 0.3) is 0 Å². The summed E-state index contributed by atoms with van der Waals surface area (Å²) in [5.74, 6) is -0.872. The maximum atomic E-state index is 12.8. The molecule has 0 N–H and O–H groups in total. The van der Waals surface area contributed by atoms with Crippen LogP contribution in [0.4, 0.5) is 0 Å². The van der Waals surface area contributed by atoms with Gasteiger partial charge in [0.25, 0.3) is 0 Å². The van der Waals surface area contributed by atoms with Crippen molar-refractivity contribution in [3.05, 3.63) is 36.5 Å². The fourth-order valence-electron chi connectivity index (χ4n) is 8.28. The number of ether oxygens (including phenoxy) is 3. The molecule has 0 fully saturated rings. The Hall–Kier alpha value is -2.37. The van der Waals surface area contributed by atoms with Gasteiger partial charge in [-0.05, 0) is 70.6 Å². The molecule has 0 aromatic rings. The van der Waals surface area contributed by atoms with Crippen LogP contribution in [0.3, 0.4) is 0 Å². The summed E-state index contributed by atoms with van der Waals surface area (Å²) in [6, 6.07) is 0. The fourth-order valence-corrected chi connectivity index (χ4v) is 8.28. The molecule has 0 heterocycles. The molecule has 380 valence electrons. The van der Waals surface area contributed by atoms with Crippen LogP contribution in [0.5, 0.6) is 0 Å². The number of carbonyl (C=O) groups is 3. The average Bonchev–Trinajstić information content (AvgIpc) is 3.30. The molecule has 0 aliphatic heterocycles. The van der Waals surface area contributed by atoms with Crippen LogP contribution in [0.15, 0.2) is 36.5 Å². The summed E-state index contributed by atoms with van der Waals surface area (Å²) >= 11 is 0. The second-order valence-corrected chi connectivity index (χ2v) is 19.2. The van der Waals surface area contributed by atoms with Gasteiger partial charge in [0, 0.05) is 19.3 Å². The fraction of sp³-hybridized carbons (Fsp3) is 0.847. The largest absolute Gasteiger partial charge is 0.462 e. The molecule has 6 nitrogen and oxygen atoms in total. The normalized spacial score (nSPS) is 12.2. The monoisotopic (exact) mass is 913 g/mol. The Bertz CT molecular complexity index is 1090. The topological polar surface area (TPSA) is 78.9 Å². The predicted octanol–water partition coefficient (Wildman–Crippen LogP) is 18.9. The minimum Gasteiger partial charge on any atom is -0.462 e. The maximum Gasteiger partial charge on any atom is 0.306 e. The number of hydrogen-bond donors (Lipinski definition) is 0. The first-order valence-corrected chi connectivity index (χ1v) is 28.5. The quantitative estimate of drug-likeness (QED) is 0.0262. The van der Waals surface area contributed by atoms with E-state index < -0.39 is 6.10 Å². The molecule has 0 unspecified atom stereocenters. The molecule has 0 radical (unpaired) electrons. The summed E-state index contributed by atoms with van der Waals surface area (Å²) in [7, 11) is 0. The molecule has 0 saturated carbocycles. The van der Waals surface area contributed by atoms with Crippen molar-refractivity contribution in [1.29, 1.82) is 0 Å². The second-order valence-electron chi connectivity index (χ2n) is 19.2. The van der Waals surface area contributed by atoms with Gasteiger partial charge in [-0.15, -0.1) is 0 Å². The summed E-state index contributed by atoms with van der Waals surface area (Å²) in [6.45, 7) is 6.60. The number of hydrogen-bond acceptors (Lipinski definition) is 6. The van der Waals surface area contributed by atoms with Crippen LogP contribution in [-0.4, -0.2) is 37.2 Å². The molecule has 0 aliphatic rings. The van der Waals surface area contributed by atoms with Crippen molar-refractivity contribution in [1.82, 2.24) is 0 Å². The zero-order valence-electron chi connectivity index (χ0n) is 43.5. The molecule has 6 heteroatoms. The molecule has 0 spiro atoms. The van der Waals surface area contributed by atoms with E-state index in [4.69, 9.17) is 14.2 Å². The average molecular weight is 914 g/mol. The molecule has 0 aliphatic carbocycles. The molecule has 65 heavy (non-hydrogen) atoms. The number of unbranched alkanes of at least 4 members (excludes halogenated alkanes) is 35. The Balaban J connectivity index is 4.28. The van der Waals surface area contributed by atoms with E-state index in [2.05, 4.69) is 57.2 Å². The van der Waals surface area contributed by atoms with Crippen molar-refractivity contribution < 1.29 is 28.6 Å². The summed E-state index contributed by atoms with van der Waals surface area (Å²) in [5.41, 5.74) is 0. The van der Waals surface area contributed by atoms with Crippen LogP contribution in [-0.2, 0) is 28.6 Å². The number of esters is 3. The smallest absolute Gasteiger partial charge is 0.306 e. The highest BCUT2D eigenvalue weighted by molar-refractivity contribution is 5.71. The van der Waals surface area contributed by atoms with Gasteiger partial charge in [-0.2, -0.15) is 0 Å². The molecule has 0 saturated heterocycles. The highest BCUT2D eigenvalue weighted by Gasteiger charge is 2.19. The molecular formula is C59H108O6. The Morgan fingerprint density at radius 2 is 0.569 bits per heavy atom. The minimum atomic E-state index is -0.774. The Morgan fingerprint density at radius 1 is 0.308 bits per heavy atom. The zero-order valence-corrected chi connectivity index (χ0v) is 43.5. The van der Waals surface area contributed by atoms with Crippen molar-refractivity contribution >= 4 is 17.9 Å². The third-order valence-electron chi connectivity index (χ3n) is 12.6. The van der Waals surface area contributed by atoms with Crippen LogP contribution in [0.1, 0.15) is 303 Å². The van der Waals surface area contributed by atoms with Gasteiger partial charge in [-0.3, -0.25) is 14.4 Å². The van der Waals surface area contributed by atoms with Crippen LogP contribution < -0.4 is 0 Å². The second kappa shape index (κ2) is 54.2. The molecule has 0 bridgehead atoms. The van der Waals surface area contributed by atoms with Gasteiger partial charge in [0.05, 0.1) is 0 Å². The molecule has 0 amide bonds. The van der Waals surface area contributed by atoms with Crippen LogP contribution >= 0.6 is 0 Å². The number of allylic oxidation sites excluding steroid dienone is 6. The van der Waals surface area contributed by atoms with Crippen LogP contribution in [0, 0.1) is 0 Å². The Kier molecular flexibility index (Phi) is 52.3.